The van der Waals surface area contributed by atoms with E-state index < -0.39 is 10.0 Å². The van der Waals surface area contributed by atoms with Gasteiger partial charge >= 0.3 is 0 Å². The summed E-state index contributed by atoms with van der Waals surface area (Å²) in [6, 6.07) is 1.61. The Balaban J connectivity index is 2.28. The molecule has 1 atom stereocenters. The number of nitrogens with two attached hydrogens (primary N) is 1. The quantitative estimate of drug-likeness (QED) is 0.898. The normalized spacial score (nSPS) is 22.2. The van der Waals surface area contributed by atoms with E-state index in [-0.39, 0.29) is 6.04 Å². The number of thiophene rings is 1. The Morgan fingerprint density at radius 1 is 1.61 bits per heavy atom. The molecule has 0 saturated carbocycles. The van der Waals surface area contributed by atoms with Gasteiger partial charge in [-0.25, -0.2) is 8.42 Å². The minimum Gasteiger partial charge on any atom is -0.378 e. The molecule has 1 aliphatic heterocycles. The van der Waals surface area contributed by atoms with E-state index in [1.807, 2.05) is 6.92 Å². The second kappa shape index (κ2) is 5.66. The van der Waals surface area contributed by atoms with Gasteiger partial charge in [0.15, 0.2) is 0 Å². The molecule has 5 nitrogen and oxygen atoms in total. The monoisotopic (exact) mass is 290 g/mol. The van der Waals surface area contributed by atoms with Crippen LogP contribution in [0.25, 0.3) is 0 Å². The van der Waals surface area contributed by atoms with Gasteiger partial charge in [-0.1, -0.05) is 6.92 Å². The van der Waals surface area contributed by atoms with Crippen LogP contribution in [0.2, 0.25) is 0 Å². The number of sulfonamides is 1. The van der Waals surface area contributed by atoms with Crippen molar-refractivity contribution in [1.82, 2.24) is 4.31 Å². The van der Waals surface area contributed by atoms with Crippen LogP contribution in [-0.4, -0.2) is 38.5 Å². The number of ether oxygens (including phenoxy) is 1. The van der Waals surface area contributed by atoms with Crippen LogP contribution in [0.1, 0.15) is 18.9 Å². The average molecular weight is 290 g/mol. The molecule has 1 unspecified atom stereocenters. The third-order valence-electron chi connectivity index (χ3n) is 3.07. The van der Waals surface area contributed by atoms with E-state index in [2.05, 4.69) is 0 Å². The molecular weight excluding hydrogens is 272 g/mol. The summed E-state index contributed by atoms with van der Waals surface area (Å²) in [5, 5.41) is 1.80. The average Bonchev–Trinajstić information content (AvgIpc) is 2.88. The second-order valence-corrected chi connectivity index (χ2v) is 7.26. The number of nitrogens with zero attached hydrogens (tertiary/aromatic N) is 1. The zero-order valence-electron chi connectivity index (χ0n) is 10.3. The first kappa shape index (κ1) is 14.0. The van der Waals surface area contributed by atoms with Crippen LogP contribution >= 0.6 is 11.3 Å². The highest BCUT2D eigenvalue weighted by Gasteiger charge is 2.33. The minimum absolute atomic E-state index is 0.0628. The summed E-state index contributed by atoms with van der Waals surface area (Å²) >= 11 is 1.24. The molecule has 0 aliphatic carbocycles. The Kier molecular flexibility index (Phi) is 4.39. The zero-order valence-corrected chi connectivity index (χ0v) is 12.0. The summed E-state index contributed by atoms with van der Waals surface area (Å²) in [6.45, 7) is 3.71. The van der Waals surface area contributed by atoms with Crippen LogP contribution < -0.4 is 5.73 Å². The molecule has 18 heavy (non-hydrogen) atoms. The van der Waals surface area contributed by atoms with E-state index in [1.54, 1.807) is 15.8 Å². The van der Waals surface area contributed by atoms with Crippen molar-refractivity contribution in [3.8, 4) is 0 Å². The van der Waals surface area contributed by atoms with Crippen LogP contribution in [0.5, 0.6) is 0 Å². The summed E-state index contributed by atoms with van der Waals surface area (Å²) in [5.74, 6) is 0. The lowest BCUT2D eigenvalue weighted by molar-refractivity contribution is 0.0315. The third-order valence-corrected chi connectivity index (χ3v) is 6.49. The number of rotatable bonds is 4. The largest absolute Gasteiger partial charge is 0.378 e. The molecule has 0 spiro atoms. The van der Waals surface area contributed by atoms with Crippen LogP contribution in [0, 0.1) is 0 Å². The molecule has 1 fully saturated rings. The molecule has 2 rings (SSSR count). The Labute approximate surface area is 112 Å². The van der Waals surface area contributed by atoms with Gasteiger partial charge in [-0.15, -0.1) is 11.3 Å². The lowest BCUT2D eigenvalue weighted by atomic mass is 10.2. The lowest BCUT2D eigenvalue weighted by Crippen LogP contribution is -2.48. The predicted octanol–water partition coefficient (Wildman–Crippen LogP) is 1.01. The summed E-state index contributed by atoms with van der Waals surface area (Å²) in [6.07, 6.45) is 0.758. The summed E-state index contributed by atoms with van der Waals surface area (Å²) in [4.78, 5) is 0. The molecule has 1 aliphatic rings. The van der Waals surface area contributed by atoms with Crippen molar-refractivity contribution >= 4 is 21.4 Å². The smallest absolute Gasteiger partial charge is 0.252 e. The molecule has 1 aromatic heterocycles. The molecular formula is C11H18N2O3S2. The molecule has 2 heterocycles. The summed E-state index contributed by atoms with van der Waals surface area (Å²) in [5.41, 5.74) is 6.38. The van der Waals surface area contributed by atoms with Crippen molar-refractivity contribution in [2.24, 2.45) is 5.73 Å². The van der Waals surface area contributed by atoms with Gasteiger partial charge in [-0.3, -0.25) is 0 Å². The second-order valence-electron chi connectivity index (χ2n) is 4.23. The van der Waals surface area contributed by atoms with Gasteiger partial charge < -0.3 is 10.5 Å². The SMILES string of the molecule is CCC1COCCN1S(=O)(=O)c1cc(CN)cs1. The van der Waals surface area contributed by atoms with E-state index in [4.69, 9.17) is 10.5 Å². The third kappa shape index (κ3) is 2.60. The molecule has 2 N–H and O–H groups in total. The van der Waals surface area contributed by atoms with Crippen molar-refractivity contribution in [2.75, 3.05) is 19.8 Å². The number of morpholine rings is 1. The van der Waals surface area contributed by atoms with Gasteiger partial charge in [-0.2, -0.15) is 4.31 Å². The summed E-state index contributed by atoms with van der Waals surface area (Å²) in [7, 11) is -3.40. The van der Waals surface area contributed by atoms with Crippen molar-refractivity contribution in [3.63, 3.8) is 0 Å². The van der Waals surface area contributed by atoms with Gasteiger partial charge in [0.2, 0.25) is 0 Å². The first-order chi connectivity index (χ1) is 8.59. The Morgan fingerprint density at radius 3 is 3.00 bits per heavy atom. The molecule has 0 amide bonds. The molecule has 1 saturated heterocycles. The fraction of sp³-hybridized carbons (Fsp3) is 0.636. The first-order valence-corrected chi connectivity index (χ1v) is 8.28. The van der Waals surface area contributed by atoms with E-state index >= 15 is 0 Å². The zero-order chi connectivity index (χ0) is 13.2. The van der Waals surface area contributed by atoms with Crippen molar-refractivity contribution in [1.29, 1.82) is 0 Å². The predicted molar refractivity (Wildman–Crippen MR) is 71.0 cm³/mol. The van der Waals surface area contributed by atoms with Crippen LogP contribution in [-0.2, 0) is 21.3 Å². The highest BCUT2D eigenvalue weighted by atomic mass is 32.2. The van der Waals surface area contributed by atoms with Gasteiger partial charge in [-0.05, 0) is 23.4 Å². The fourth-order valence-electron chi connectivity index (χ4n) is 1.99. The van der Waals surface area contributed by atoms with Crippen molar-refractivity contribution in [3.05, 3.63) is 17.0 Å². The molecule has 0 aromatic carbocycles. The van der Waals surface area contributed by atoms with Crippen molar-refractivity contribution in [2.45, 2.75) is 30.1 Å². The maximum absolute atomic E-state index is 12.5. The Morgan fingerprint density at radius 2 is 2.39 bits per heavy atom. The van der Waals surface area contributed by atoms with E-state index in [0.29, 0.717) is 30.5 Å². The number of hydrogen-bond donors (Lipinski definition) is 1. The van der Waals surface area contributed by atoms with Crippen LogP contribution in [0.4, 0.5) is 0 Å². The van der Waals surface area contributed by atoms with Gasteiger partial charge in [0.25, 0.3) is 10.0 Å². The minimum atomic E-state index is -3.40. The standard InChI is InChI=1S/C11H18N2O3S2/c1-2-10-7-16-4-3-13(10)18(14,15)11-5-9(6-12)8-17-11/h5,8,10H,2-4,6-7,12H2,1H3. The van der Waals surface area contributed by atoms with E-state index in [9.17, 15) is 8.42 Å². The van der Waals surface area contributed by atoms with Crippen LogP contribution in [0.15, 0.2) is 15.7 Å². The lowest BCUT2D eigenvalue weighted by Gasteiger charge is -2.33. The first-order valence-electron chi connectivity index (χ1n) is 5.96. The topological polar surface area (TPSA) is 72.6 Å². The molecule has 7 heteroatoms. The van der Waals surface area contributed by atoms with Gasteiger partial charge in [0.1, 0.15) is 4.21 Å². The van der Waals surface area contributed by atoms with Crippen molar-refractivity contribution < 1.29 is 13.2 Å². The molecule has 102 valence electrons. The molecule has 1 aromatic rings. The maximum Gasteiger partial charge on any atom is 0.252 e. The fourth-order valence-corrected chi connectivity index (χ4v) is 5.01. The highest BCUT2D eigenvalue weighted by molar-refractivity contribution is 7.91. The molecule has 0 radical (unpaired) electrons. The van der Waals surface area contributed by atoms with Crippen LogP contribution in [0.3, 0.4) is 0 Å². The van der Waals surface area contributed by atoms with E-state index in [1.165, 1.54) is 11.3 Å². The van der Waals surface area contributed by atoms with Gasteiger partial charge in [0, 0.05) is 19.1 Å². The Bertz CT molecular complexity index is 498. The summed E-state index contributed by atoms with van der Waals surface area (Å²) < 4.78 is 32.3. The van der Waals surface area contributed by atoms with Gasteiger partial charge in [0.05, 0.1) is 13.2 Å². The maximum atomic E-state index is 12.5. The van der Waals surface area contributed by atoms with E-state index in [0.717, 1.165) is 12.0 Å². The Hall–Kier alpha value is -0.470. The highest BCUT2D eigenvalue weighted by Crippen LogP contribution is 2.27. The molecule has 0 bridgehead atoms. The number of hydrogen-bond acceptors (Lipinski definition) is 5.